The molecule has 25 heavy (non-hydrogen) atoms. The predicted octanol–water partition coefficient (Wildman–Crippen LogP) is 2.10. The van der Waals surface area contributed by atoms with Crippen molar-refractivity contribution in [3.8, 4) is 0 Å². The Hall–Kier alpha value is -1.41. The van der Waals surface area contributed by atoms with Gasteiger partial charge in [0, 0.05) is 11.5 Å². The number of hydrogen-bond donors (Lipinski definition) is 2. The van der Waals surface area contributed by atoms with Crippen LogP contribution in [0.3, 0.4) is 0 Å². The Labute approximate surface area is 149 Å². The molecular weight excluding hydrogens is 342 g/mol. The zero-order valence-corrected chi connectivity index (χ0v) is 16.5. The zero-order valence-electron chi connectivity index (χ0n) is 15.7. The average molecular weight is 372 g/mol. The molecule has 0 atom stereocenters. The van der Waals surface area contributed by atoms with Crippen LogP contribution in [0, 0.1) is 5.92 Å². The first-order valence-electron chi connectivity index (χ1n) is 8.65. The first-order chi connectivity index (χ1) is 11.4. The van der Waals surface area contributed by atoms with E-state index in [1.54, 1.807) is 6.07 Å². The molecule has 1 aliphatic rings. The first kappa shape index (κ1) is 19.9. The van der Waals surface area contributed by atoms with Crippen LogP contribution >= 0.6 is 0 Å². The van der Waals surface area contributed by atoms with Crippen LogP contribution in [0.2, 0.25) is 0 Å². The molecule has 0 aliphatic carbocycles. The van der Waals surface area contributed by atoms with Crippen molar-refractivity contribution in [2.24, 2.45) is 5.92 Å². The van der Waals surface area contributed by atoms with E-state index in [-0.39, 0.29) is 22.9 Å². The van der Waals surface area contributed by atoms with Gasteiger partial charge in [-0.1, -0.05) is 25.9 Å². The Morgan fingerprint density at radius 1 is 1.28 bits per heavy atom. The normalized spacial score (nSPS) is 17.5. The van der Waals surface area contributed by atoms with Crippen molar-refractivity contribution >= 4 is 21.6 Å². The number of anilines is 1. The van der Waals surface area contributed by atoms with E-state index in [2.05, 4.69) is 15.8 Å². The molecule has 2 rings (SSSR count). The lowest BCUT2D eigenvalue weighted by atomic mass is 9.93. The van der Waals surface area contributed by atoms with Crippen molar-refractivity contribution in [3.05, 3.63) is 11.8 Å². The van der Waals surface area contributed by atoms with Gasteiger partial charge in [-0.2, -0.15) is 0 Å². The molecule has 0 aromatic carbocycles. The lowest BCUT2D eigenvalue weighted by Crippen LogP contribution is -2.47. The second-order valence-corrected chi connectivity index (χ2v) is 10.8. The number of nitrogens with zero attached hydrogens (tertiary/aromatic N) is 1. The second kappa shape index (κ2) is 7.07. The smallest absolute Gasteiger partial charge is 0.246 e. The summed E-state index contributed by atoms with van der Waals surface area (Å²) in [6.45, 7) is 10.4. The number of sulfone groups is 1. The summed E-state index contributed by atoms with van der Waals surface area (Å²) in [6, 6.07) is 1.63. The highest BCUT2D eigenvalue weighted by Gasteiger charge is 2.43. The van der Waals surface area contributed by atoms with Gasteiger partial charge in [0.25, 0.3) is 0 Å². The van der Waals surface area contributed by atoms with Gasteiger partial charge in [-0.05, 0) is 45.7 Å². The number of piperidine rings is 1. The fourth-order valence-electron chi connectivity index (χ4n) is 2.66. The third-order valence-electron chi connectivity index (χ3n) is 4.73. The minimum atomic E-state index is -3.60. The summed E-state index contributed by atoms with van der Waals surface area (Å²) in [5, 5.41) is 9.62. The number of aromatic nitrogens is 1. The molecule has 0 unspecified atom stereocenters. The van der Waals surface area contributed by atoms with Crippen LogP contribution in [0.4, 0.5) is 5.82 Å². The summed E-state index contributed by atoms with van der Waals surface area (Å²) in [4.78, 5) is 12.6. The van der Waals surface area contributed by atoms with E-state index in [4.69, 9.17) is 4.52 Å². The van der Waals surface area contributed by atoms with Gasteiger partial charge >= 0.3 is 0 Å². The molecule has 0 saturated carbocycles. The van der Waals surface area contributed by atoms with Gasteiger partial charge < -0.3 is 15.2 Å². The second-order valence-electron chi connectivity index (χ2n) is 8.27. The van der Waals surface area contributed by atoms with Gasteiger partial charge in [-0.15, -0.1) is 0 Å². The number of hydrogen-bond acceptors (Lipinski definition) is 6. The first-order valence-corrected chi connectivity index (χ1v) is 10.3. The van der Waals surface area contributed by atoms with E-state index in [1.165, 1.54) is 13.8 Å². The number of carbonyl (C=O) groups is 1. The highest BCUT2D eigenvalue weighted by Crippen LogP contribution is 2.27. The summed E-state index contributed by atoms with van der Waals surface area (Å²) in [5.74, 6) is 0.396. The van der Waals surface area contributed by atoms with Gasteiger partial charge in [0.1, 0.15) is 10.5 Å². The maximum Gasteiger partial charge on any atom is 0.246 e. The van der Waals surface area contributed by atoms with Gasteiger partial charge in [0.05, 0.1) is 5.75 Å². The van der Waals surface area contributed by atoms with Crippen LogP contribution in [-0.4, -0.2) is 43.1 Å². The summed E-state index contributed by atoms with van der Waals surface area (Å²) in [5.41, 5.74) is -0.243. The minimum absolute atomic E-state index is 0.0289. The quantitative estimate of drug-likeness (QED) is 0.822. The van der Waals surface area contributed by atoms with Crippen LogP contribution in [0.5, 0.6) is 0 Å². The van der Waals surface area contributed by atoms with E-state index in [0.717, 1.165) is 25.9 Å². The Morgan fingerprint density at radius 2 is 1.88 bits per heavy atom. The molecule has 1 aliphatic heterocycles. The molecule has 0 bridgehead atoms. The molecule has 0 radical (unpaired) electrons. The Kier molecular flexibility index (Phi) is 5.63. The molecule has 1 saturated heterocycles. The topological polar surface area (TPSA) is 101 Å². The van der Waals surface area contributed by atoms with Crippen LogP contribution in [0.25, 0.3) is 0 Å². The summed E-state index contributed by atoms with van der Waals surface area (Å²) < 4.78 is 29.3. The molecular formula is C17H29N3O4S. The Bertz CT molecular complexity index is 710. The average Bonchev–Trinajstić information content (AvgIpc) is 2.96. The highest BCUT2D eigenvalue weighted by atomic mass is 32.2. The summed E-state index contributed by atoms with van der Waals surface area (Å²) in [7, 11) is -3.60. The van der Waals surface area contributed by atoms with Crippen molar-refractivity contribution in [2.45, 2.75) is 57.6 Å². The fraction of sp³-hybridized carbons (Fsp3) is 0.765. The molecule has 2 heterocycles. The maximum absolute atomic E-state index is 12.8. The standard InChI is InChI=1S/C17H29N3O4S/c1-16(2,3)13-10-14(20-24-13)19-15(21)17(4,5)25(22,23)11-12-6-8-18-9-7-12/h10,12,18H,6-9,11H2,1-5H3,(H,19,20,21). The van der Waals surface area contributed by atoms with Crippen molar-refractivity contribution in [2.75, 3.05) is 24.2 Å². The van der Waals surface area contributed by atoms with Crippen molar-refractivity contribution < 1.29 is 17.7 Å². The molecule has 7 nitrogen and oxygen atoms in total. The molecule has 8 heteroatoms. The largest absolute Gasteiger partial charge is 0.359 e. The van der Waals surface area contributed by atoms with Crippen molar-refractivity contribution in [1.29, 1.82) is 0 Å². The van der Waals surface area contributed by atoms with Gasteiger partial charge in [0.15, 0.2) is 15.7 Å². The van der Waals surface area contributed by atoms with Gasteiger partial charge in [-0.25, -0.2) is 8.42 Å². The van der Waals surface area contributed by atoms with Crippen LogP contribution in [0.1, 0.15) is 53.2 Å². The Morgan fingerprint density at radius 3 is 2.40 bits per heavy atom. The van der Waals surface area contributed by atoms with Crippen molar-refractivity contribution in [3.63, 3.8) is 0 Å². The minimum Gasteiger partial charge on any atom is -0.359 e. The van der Waals surface area contributed by atoms with E-state index in [0.29, 0.717) is 5.76 Å². The summed E-state index contributed by atoms with van der Waals surface area (Å²) in [6.07, 6.45) is 1.63. The van der Waals surface area contributed by atoms with E-state index >= 15 is 0 Å². The SMILES string of the molecule is CC(C)(C)c1cc(NC(=O)C(C)(C)S(=O)(=O)CC2CCNCC2)no1. The monoisotopic (exact) mass is 371 g/mol. The van der Waals surface area contributed by atoms with Crippen LogP contribution in [-0.2, 0) is 20.0 Å². The number of rotatable bonds is 5. The molecule has 1 amide bonds. The van der Waals surface area contributed by atoms with E-state index in [9.17, 15) is 13.2 Å². The maximum atomic E-state index is 12.8. The fourth-order valence-corrected chi connectivity index (χ4v) is 4.37. The molecule has 0 spiro atoms. The lowest BCUT2D eigenvalue weighted by Gasteiger charge is -2.28. The molecule has 142 valence electrons. The predicted molar refractivity (Wildman–Crippen MR) is 97.3 cm³/mol. The lowest BCUT2D eigenvalue weighted by molar-refractivity contribution is -0.117. The van der Waals surface area contributed by atoms with E-state index in [1.807, 2.05) is 20.8 Å². The number of carbonyl (C=O) groups excluding carboxylic acids is 1. The molecule has 1 aromatic rings. The third-order valence-corrected chi connectivity index (χ3v) is 7.38. The number of nitrogens with one attached hydrogen (secondary N) is 2. The van der Waals surface area contributed by atoms with Crippen LogP contribution < -0.4 is 10.6 Å². The van der Waals surface area contributed by atoms with Gasteiger partial charge in [-0.3, -0.25) is 4.79 Å². The third kappa shape index (κ3) is 4.61. The Balaban J connectivity index is 2.09. The van der Waals surface area contributed by atoms with E-state index < -0.39 is 20.5 Å². The summed E-state index contributed by atoms with van der Waals surface area (Å²) >= 11 is 0. The van der Waals surface area contributed by atoms with Gasteiger partial charge in [0.2, 0.25) is 5.91 Å². The molecule has 1 fully saturated rings. The molecule has 1 aromatic heterocycles. The zero-order chi connectivity index (χ0) is 18.9. The van der Waals surface area contributed by atoms with Crippen molar-refractivity contribution in [1.82, 2.24) is 10.5 Å². The highest BCUT2D eigenvalue weighted by molar-refractivity contribution is 7.93. The van der Waals surface area contributed by atoms with Crippen LogP contribution in [0.15, 0.2) is 10.6 Å². The molecule has 2 N–H and O–H groups in total. The number of amides is 1.